The van der Waals surface area contributed by atoms with Crippen molar-refractivity contribution >= 4 is 5.78 Å². The molecule has 0 aromatic rings. The average molecular weight is 272 g/mol. The third-order valence-electron chi connectivity index (χ3n) is 7.92. The molecule has 3 fully saturated rings. The molecule has 0 saturated heterocycles. The van der Waals surface area contributed by atoms with Crippen LogP contribution in [0.1, 0.15) is 65.2 Å². The molecule has 3 saturated carbocycles. The van der Waals surface area contributed by atoms with Gasteiger partial charge in [-0.05, 0) is 74.0 Å². The van der Waals surface area contributed by atoms with Crippen LogP contribution < -0.4 is 0 Å². The van der Waals surface area contributed by atoms with Crippen LogP contribution in [-0.4, -0.2) is 5.78 Å². The van der Waals surface area contributed by atoms with Crippen LogP contribution in [0, 0.1) is 34.5 Å². The summed E-state index contributed by atoms with van der Waals surface area (Å²) in [5.41, 5.74) is 0.583. The molecule has 0 heterocycles. The molecule has 0 spiro atoms. The molecule has 4 rings (SSSR count). The van der Waals surface area contributed by atoms with E-state index < -0.39 is 0 Å². The fraction of sp³-hybridized carbons (Fsp3) is 0.842. The topological polar surface area (TPSA) is 17.1 Å². The van der Waals surface area contributed by atoms with Gasteiger partial charge in [0.15, 0.2) is 0 Å². The second-order valence-corrected chi connectivity index (χ2v) is 8.49. The lowest BCUT2D eigenvalue weighted by molar-refractivity contribution is -0.136. The average Bonchev–Trinajstić information content (AvgIpc) is 2.74. The van der Waals surface area contributed by atoms with Crippen molar-refractivity contribution in [1.29, 1.82) is 0 Å². The highest BCUT2D eigenvalue weighted by Gasteiger charge is 2.59. The van der Waals surface area contributed by atoms with Crippen LogP contribution in [0.2, 0.25) is 0 Å². The van der Waals surface area contributed by atoms with E-state index in [1.54, 1.807) is 0 Å². The molecule has 0 radical (unpaired) electrons. The van der Waals surface area contributed by atoms with Gasteiger partial charge in [0.25, 0.3) is 0 Å². The molecule has 0 unspecified atom stereocenters. The van der Waals surface area contributed by atoms with Crippen molar-refractivity contribution in [3.8, 4) is 0 Å². The molecule has 110 valence electrons. The smallest absolute Gasteiger partial charge is 0.139 e. The zero-order chi connectivity index (χ0) is 14.0. The van der Waals surface area contributed by atoms with Crippen LogP contribution in [0.25, 0.3) is 0 Å². The zero-order valence-corrected chi connectivity index (χ0v) is 13.0. The van der Waals surface area contributed by atoms with E-state index in [9.17, 15) is 4.79 Å². The summed E-state index contributed by atoms with van der Waals surface area (Å²) in [6.07, 6.45) is 14.8. The molecule has 4 aliphatic carbocycles. The van der Waals surface area contributed by atoms with E-state index in [1.165, 1.54) is 44.9 Å². The van der Waals surface area contributed by atoms with E-state index in [0.29, 0.717) is 17.1 Å². The molecular formula is C19H28O. The van der Waals surface area contributed by atoms with E-state index >= 15 is 0 Å². The molecule has 4 aliphatic rings. The van der Waals surface area contributed by atoms with Gasteiger partial charge in [0, 0.05) is 11.8 Å². The summed E-state index contributed by atoms with van der Waals surface area (Å²) in [6, 6.07) is 0. The van der Waals surface area contributed by atoms with Gasteiger partial charge in [-0.2, -0.15) is 0 Å². The van der Waals surface area contributed by atoms with E-state index in [0.717, 1.165) is 24.2 Å². The second kappa shape index (κ2) is 4.21. The maximum absolute atomic E-state index is 12.4. The summed E-state index contributed by atoms with van der Waals surface area (Å²) in [4.78, 5) is 12.4. The molecule has 20 heavy (non-hydrogen) atoms. The van der Waals surface area contributed by atoms with Crippen molar-refractivity contribution in [2.45, 2.75) is 65.2 Å². The van der Waals surface area contributed by atoms with Crippen LogP contribution >= 0.6 is 0 Å². The predicted molar refractivity (Wildman–Crippen MR) is 81.3 cm³/mol. The predicted octanol–water partition coefficient (Wildman–Crippen LogP) is 4.76. The summed E-state index contributed by atoms with van der Waals surface area (Å²) < 4.78 is 0. The standard InChI is InChI=1S/C19H28O/c1-18-11-4-3-5-13(18)6-7-14-15-8-9-17(20)19(15,2)12-10-16(14)18/h3-4,13-16H,5-12H2,1-2H3/t13-,14+,15-,16+,18+,19+/m1/s1. The first-order valence-corrected chi connectivity index (χ1v) is 8.74. The highest BCUT2D eigenvalue weighted by molar-refractivity contribution is 5.87. The van der Waals surface area contributed by atoms with Crippen LogP contribution in [0.15, 0.2) is 12.2 Å². The summed E-state index contributed by atoms with van der Waals surface area (Å²) >= 11 is 0. The molecule has 1 heteroatoms. The largest absolute Gasteiger partial charge is 0.299 e. The number of ketones is 1. The van der Waals surface area contributed by atoms with Crippen molar-refractivity contribution in [3.63, 3.8) is 0 Å². The number of hydrogen-bond acceptors (Lipinski definition) is 1. The number of allylic oxidation sites excluding steroid dienone is 2. The van der Waals surface area contributed by atoms with Gasteiger partial charge in [0.1, 0.15) is 5.78 Å². The molecule has 0 aromatic carbocycles. The maximum Gasteiger partial charge on any atom is 0.139 e. The number of carbonyl (C=O) groups is 1. The normalized spacial score (nSPS) is 54.2. The van der Waals surface area contributed by atoms with Gasteiger partial charge in [-0.1, -0.05) is 26.0 Å². The van der Waals surface area contributed by atoms with Crippen LogP contribution in [-0.2, 0) is 4.79 Å². The zero-order valence-electron chi connectivity index (χ0n) is 13.0. The highest BCUT2D eigenvalue weighted by Crippen LogP contribution is 2.64. The Morgan fingerprint density at radius 3 is 2.75 bits per heavy atom. The summed E-state index contributed by atoms with van der Waals surface area (Å²) in [5, 5.41) is 0. The van der Waals surface area contributed by atoms with E-state index in [-0.39, 0.29) is 5.41 Å². The summed E-state index contributed by atoms with van der Waals surface area (Å²) in [6.45, 7) is 4.86. The van der Waals surface area contributed by atoms with Crippen LogP contribution in [0.3, 0.4) is 0 Å². The van der Waals surface area contributed by atoms with Gasteiger partial charge in [-0.3, -0.25) is 4.79 Å². The molecule has 0 N–H and O–H groups in total. The first kappa shape index (κ1) is 13.1. The number of hydrogen-bond donors (Lipinski definition) is 0. The molecular weight excluding hydrogens is 244 g/mol. The quantitative estimate of drug-likeness (QED) is 0.581. The van der Waals surface area contributed by atoms with Crippen molar-refractivity contribution in [2.24, 2.45) is 34.5 Å². The third kappa shape index (κ3) is 1.53. The van der Waals surface area contributed by atoms with Crippen LogP contribution in [0.4, 0.5) is 0 Å². The first-order chi connectivity index (χ1) is 9.56. The maximum atomic E-state index is 12.4. The van der Waals surface area contributed by atoms with Crippen molar-refractivity contribution < 1.29 is 4.79 Å². The Hall–Kier alpha value is -0.590. The second-order valence-electron chi connectivity index (χ2n) is 8.49. The Bertz CT molecular complexity index is 464. The Morgan fingerprint density at radius 2 is 1.90 bits per heavy atom. The minimum absolute atomic E-state index is 0.0505. The Kier molecular flexibility index (Phi) is 2.76. The van der Waals surface area contributed by atoms with Gasteiger partial charge in [0.2, 0.25) is 0 Å². The molecule has 0 bridgehead atoms. The monoisotopic (exact) mass is 272 g/mol. The minimum Gasteiger partial charge on any atom is -0.299 e. The van der Waals surface area contributed by atoms with E-state index in [2.05, 4.69) is 26.0 Å². The summed E-state index contributed by atoms with van der Waals surface area (Å²) in [7, 11) is 0. The number of fused-ring (bicyclic) bond motifs is 5. The fourth-order valence-corrected chi connectivity index (χ4v) is 6.61. The van der Waals surface area contributed by atoms with Gasteiger partial charge >= 0.3 is 0 Å². The van der Waals surface area contributed by atoms with Gasteiger partial charge in [-0.25, -0.2) is 0 Å². The lowest BCUT2D eigenvalue weighted by Gasteiger charge is -2.58. The lowest BCUT2D eigenvalue weighted by atomic mass is 9.46. The molecule has 0 aliphatic heterocycles. The molecule has 0 aromatic heterocycles. The molecule has 6 atom stereocenters. The fourth-order valence-electron chi connectivity index (χ4n) is 6.61. The van der Waals surface area contributed by atoms with Gasteiger partial charge in [0.05, 0.1) is 0 Å². The Balaban J connectivity index is 1.68. The van der Waals surface area contributed by atoms with Gasteiger partial charge < -0.3 is 0 Å². The minimum atomic E-state index is 0.0505. The Labute approximate surface area is 123 Å². The SMILES string of the molecule is C[C@]12CC=CC[C@@H]1CC[C@H]1[C@H]3CCC(=O)[C@@]3(C)CC[C@@H]12. The number of rotatable bonds is 0. The van der Waals surface area contributed by atoms with Gasteiger partial charge in [-0.15, -0.1) is 0 Å². The number of Topliss-reactive ketones (excluding diaryl/α,β-unsaturated/α-hetero) is 1. The van der Waals surface area contributed by atoms with E-state index in [1.807, 2.05) is 0 Å². The third-order valence-corrected chi connectivity index (χ3v) is 7.92. The van der Waals surface area contributed by atoms with Crippen LogP contribution in [0.5, 0.6) is 0 Å². The Morgan fingerprint density at radius 1 is 1.05 bits per heavy atom. The van der Waals surface area contributed by atoms with E-state index in [4.69, 9.17) is 0 Å². The first-order valence-electron chi connectivity index (χ1n) is 8.74. The lowest BCUT2D eigenvalue weighted by Crippen LogP contribution is -2.52. The molecule has 0 amide bonds. The van der Waals surface area contributed by atoms with Crippen molar-refractivity contribution in [2.75, 3.05) is 0 Å². The van der Waals surface area contributed by atoms with Crippen molar-refractivity contribution in [3.05, 3.63) is 12.2 Å². The highest BCUT2D eigenvalue weighted by atomic mass is 16.1. The molecule has 1 nitrogen and oxygen atoms in total. The summed E-state index contributed by atoms with van der Waals surface area (Å²) in [5.74, 6) is 3.92. The number of carbonyl (C=O) groups excluding carboxylic acids is 1. The van der Waals surface area contributed by atoms with Crippen molar-refractivity contribution in [1.82, 2.24) is 0 Å².